The van der Waals surface area contributed by atoms with Crippen LogP contribution in [0.5, 0.6) is 11.5 Å². The minimum atomic E-state index is -0.0552. The van der Waals surface area contributed by atoms with Gasteiger partial charge in [0.1, 0.15) is 24.0 Å². The minimum absolute atomic E-state index is 0.0376. The van der Waals surface area contributed by atoms with Crippen molar-refractivity contribution in [1.29, 1.82) is 0 Å². The number of nitrogens with zero attached hydrogens (tertiary/aromatic N) is 4. The molecule has 0 saturated heterocycles. The lowest BCUT2D eigenvalue weighted by Crippen LogP contribution is -2.26. The molecule has 44 heavy (non-hydrogen) atoms. The Hall–Kier alpha value is -4.90. The van der Waals surface area contributed by atoms with E-state index in [2.05, 4.69) is 142 Å². The summed E-state index contributed by atoms with van der Waals surface area (Å²) >= 11 is 0. The van der Waals surface area contributed by atoms with E-state index in [-0.39, 0.29) is 10.8 Å². The van der Waals surface area contributed by atoms with Gasteiger partial charge in [-0.15, -0.1) is 0 Å². The Morgan fingerprint density at radius 2 is 1.45 bits per heavy atom. The fraction of sp³-hybridized carbons (Fsp3) is 0.231. The van der Waals surface area contributed by atoms with E-state index in [4.69, 9.17) is 14.7 Å². The van der Waals surface area contributed by atoms with Crippen molar-refractivity contribution in [3.05, 3.63) is 120 Å². The van der Waals surface area contributed by atoms with Gasteiger partial charge in [-0.1, -0.05) is 71.9 Å². The predicted octanol–water partition coefficient (Wildman–Crippen LogP) is 10.3. The van der Waals surface area contributed by atoms with E-state index in [0.29, 0.717) is 6.67 Å². The molecule has 0 unspecified atom stereocenters. The quantitative estimate of drug-likeness (QED) is 0.209. The van der Waals surface area contributed by atoms with Gasteiger partial charge in [0.25, 0.3) is 0 Å². The van der Waals surface area contributed by atoms with Crippen LogP contribution < -0.4 is 9.64 Å². The van der Waals surface area contributed by atoms with Gasteiger partial charge < -0.3 is 14.2 Å². The molecule has 0 amide bonds. The first-order valence-corrected chi connectivity index (χ1v) is 15.3. The smallest absolute Gasteiger partial charge is 0.144 e. The summed E-state index contributed by atoms with van der Waals surface area (Å²) in [5.74, 6) is 2.59. The van der Waals surface area contributed by atoms with Gasteiger partial charge >= 0.3 is 0 Å². The third-order valence-corrected chi connectivity index (χ3v) is 8.43. The summed E-state index contributed by atoms with van der Waals surface area (Å²) in [6.07, 6.45) is 1.91. The number of imidazole rings is 1. The third kappa shape index (κ3) is 5.13. The van der Waals surface area contributed by atoms with E-state index in [1.165, 1.54) is 11.1 Å². The fourth-order valence-corrected chi connectivity index (χ4v) is 5.91. The molecule has 0 atom stereocenters. The van der Waals surface area contributed by atoms with Crippen LogP contribution in [0.4, 0.5) is 11.4 Å². The van der Waals surface area contributed by atoms with Crippen LogP contribution in [-0.4, -0.2) is 14.5 Å². The minimum Gasteiger partial charge on any atom is -0.457 e. The number of pyridine rings is 1. The Bertz CT molecular complexity index is 2010. The maximum absolute atomic E-state index is 6.64. The molecule has 220 valence electrons. The third-order valence-electron chi connectivity index (χ3n) is 8.43. The lowest BCUT2D eigenvalue weighted by atomic mass is 9.84. The lowest BCUT2D eigenvalue weighted by molar-refractivity contribution is 0.478. The van der Waals surface area contributed by atoms with Gasteiger partial charge in [0.2, 0.25) is 0 Å². The van der Waals surface area contributed by atoms with Gasteiger partial charge in [0.15, 0.2) is 0 Å². The van der Waals surface area contributed by atoms with Crippen molar-refractivity contribution in [3.8, 4) is 34.1 Å². The molecular weight excluding hydrogens is 540 g/mol. The summed E-state index contributed by atoms with van der Waals surface area (Å²) in [6.45, 7) is 14.1. The molecule has 7 rings (SSSR count). The van der Waals surface area contributed by atoms with E-state index in [1.807, 2.05) is 18.3 Å². The molecular formula is C39H38N4O. The van der Waals surface area contributed by atoms with E-state index in [1.54, 1.807) is 0 Å². The number of ether oxygens (including phenoxy) is 1. The van der Waals surface area contributed by atoms with Crippen molar-refractivity contribution < 1.29 is 4.74 Å². The summed E-state index contributed by atoms with van der Waals surface area (Å²) in [5, 5.41) is 0. The maximum Gasteiger partial charge on any atom is 0.144 e. The van der Waals surface area contributed by atoms with Crippen LogP contribution in [-0.2, 0) is 17.5 Å². The number of rotatable bonds is 4. The second kappa shape index (κ2) is 10.4. The highest BCUT2D eigenvalue weighted by atomic mass is 16.5. The van der Waals surface area contributed by atoms with Crippen LogP contribution in [0, 0.1) is 0 Å². The molecule has 0 saturated carbocycles. The zero-order valence-electron chi connectivity index (χ0n) is 26.3. The molecule has 3 heterocycles. The summed E-state index contributed by atoms with van der Waals surface area (Å²) in [7, 11) is 0. The maximum atomic E-state index is 6.64. The van der Waals surface area contributed by atoms with Gasteiger partial charge in [-0.25, -0.2) is 4.98 Å². The van der Waals surface area contributed by atoms with Crippen LogP contribution in [0.15, 0.2) is 109 Å². The molecule has 1 aliphatic rings. The highest BCUT2D eigenvalue weighted by molar-refractivity contribution is 5.88. The topological polar surface area (TPSA) is 43.2 Å². The average molecular weight is 579 g/mol. The Morgan fingerprint density at radius 3 is 2.27 bits per heavy atom. The number of hydrogen-bond acceptors (Lipinski definition) is 4. The van der Waals surface area contributed by atoms with Crippen LogP contribution in [0.25, 0.3) is 33.7 Å². The first kappa shape index (κ1) is 27.9. The summed E-state index contributed by atoms with van der Waals surface area (Å²) < 4.78 is 8.94. The molecule has 0 aliphatic carbocycles. The normalized spacial score (nSPS) is 13.1. The van der Waals surface area contributed by atoms with Crippen molar-refractivity contribution >= 4 is 22.4 Å². The molecule has 0 bridgehead atoms. The van der Waals surface area contributed by atoms with Crippen molar-refractivity contribution in [2.45, 2.75) is 59.0 Å². The molecule has 0 radical (unpaired) electrons. The SMILES string of the molecule is CC(C)(C)c1cc(Oc2cccc(N3Cn4c(nc5ccccc54)-c4ccccc43)c2)cc(-c2cc(C(C)(C)C)ccn2)c1. The van der Waals surface area contributed by atoms with E-state index in [9.17, 15) is 0 Å². The van der Waals surface area contributed by atoms with Crippen molar-refractivity contribution in [3.63, 3.8) is 0 Å². The number of anilines is 2. The molecule has 5 heteroatoms. The number of benzene rings is 4. The number of hydrogen-bond donors (Lipinski definition) is 0. The zero-order valence-corrected chi connectivity index (χ0v) is 26.3. The Labute approximate surface area is 259 Å². The highest BCUT2D eigenvalue weighted by Gasteiger charge is 2.26. The number of fused-ring (bicyclic) bond motifs is 5. The second-order valence-electron chi connectivity index (χ2n) is 13.7. The molecule has 0 spiro atoms. The molecule has 5 nitrogen and oxygen atoms in total. The van der Waals surface area contributed by atoms with Crippen molar-refractivity contribution in [2.24, 2.45) is 0 Å². The van der Waals surface area contributed by atoms with Crippen molar-refractivity contribution in [2.75, 3.05) is 4.90 Å². The molecule has 6 aromatic rings. The molecule has 0 fully saturated rings. The van der Waals surface area contributed by atoms with Crippen LogP contribution >= 0.6 is 0 Å². The standard InChI is InChI=1S/C39H38N4O/c1-38(2,3)27-18-19-40-34(23-27)26-20-28(39(4,5)6)22-31(21-26)44-30-13-11-12-29(24-30)42-25-43-36-17-10-8-15-33(36)41-37(43)32-14-7-9-16-35(32)42/h7-24H,25H2,1-6H3. The van der Waals surface area contributed by atoms with Gasteiger partial charge in [-0.05, 0) is 88.7 Å². The summed E-state index contributed by atoms with van der Waals surface area (Å²) in [6, 6.07) is 36.0. The summed E-state index contributed by atoms with van der Waals surface area (Å²) in [4.78, 5) is 12.1. The first-order chi connectivity index (χ1) is 21.0. The molecule has 2 aromatic heterocycles. The largest absolute Gasteiger partial charge is 0.457 e. The lowest BCUT2D eigenvalue weighted by Gasteiger charge is -2.32. The Morgan fingerprint density at radius 1 is 0.682 bits per heavy atom. The Kier molecular flexibility index (Phi) is 6.58. The highest BCUT2D eigenvalue weighted by Crippen LogP contribution is 2.42. The second-order valence-corrected chi connectivity index (χ2v) is 13.7. The van der Waals surface area contributed by atoms with Gasteiger partial charge in [-0.2, -0.15) is 0 Å². The van der Waals surface area contributed by atoms with E-state index < -0.39 is 0 Å². The summed E-state index contributed by atoms with van der Waals surface area (Å²) in [5.41, 5.74) is 9.90. The number of para-hydroxylation sites is 3. The van der Waals surface area contributed by atoms with Gasteiger partial charge in [-0.3, -0.25) is 4.98 Å². The average Bonchev–Trinajstić information content (AvgIpc) is 3.39. The predicted molar refractivity (Wildman–Crippen MR) is 181 cm³/mol. The monoisotopic (exact) mass is 578 g/mol. The van der Waals surface area contributed by atoms with Gasteiger partial charge in [0.05, 0.1) is 22.4 Å². The van der Waals surface area contributed by atoms with E-state index >= 15 is 0 Å². The molecule has 1 aliphatic heterocycles. The first-order valence-electron chi connectivity index (χ1n) is 15.3. The Balaban J connectivity index is 1.26. The molecule has 4 aromatic carbocycles. The fourth-order valence-electron chi connectivity index (χ4n) is 5.91. The van der Waals surface area contributed by atoms with Crippen molar-refractivity contribution in [1.82, 2.24) is 14.5 Å². The number of aromatic nitrogens is 3. The van der Waals surface area contributed by atoms with Crippen LogP contribution in [0.3, 0.4) is 0 Å². The van der Waals surface area contributed by atoms with E-state index in [0.717, 1.165) is 56.6 Å². The zero-order chi connectivity index (χ0) is 30.6. The van der Waals surface area contributed by atoms with Crippen LogP contribution in [0.2, 0.25) is 0 Å². The van der Waals surface area contributed by atoms with Crippen LogP contribution in [0.1, 0.15) is 52.7 Å². The molecule has 0 N–H and O–H groups in total. The van der Waals surface area contributed by atoms with Gasteiger partial charge in [0, 0.05) is 29.1 Å².